The van der Waals surface area contributed by atoms with E-state index in [1.54, 1.807) is 45.8 Å². The molecule has 0 aliphatic rings. The fourth-order valence-corrected chi connectivity index (χ4v) is 2.12. The van der Waals surface area contributed by atoms with Crippen molar-refractivity contribution in [2.45, 2.75) is 38.7 Å². The molecule has 0 heterocycles. The summed E-state index contributed by atoms with van der Waals surface area (Å²) in [6, 6.07) is 5.02. The van der Waals surface area contributed by atoms with Gasteiger partial charge in [-0.15, -0.1) is 0 Å². The number of nitrogens with two attached hydrogens (primary N) is 1. The van der Waals surface area contributed by atoms with Gasteiger partial charge in [0.25, 0.3) is 0 Å². The van der Waals surface area contributed by atoms with Crippen molar-refractivity contribution in [2.24, 2.45) is 5.73 Å². The summed E-state index contributed by atoms with van der Waals surface area (Å²) in [5.41, 5.74) is 5.97. The van der Waals surface area contributed by atoms with E-state index in [0.717, 1.165) is 5.56 Å². The molecule has 5 nitrogen and oxygen atoms in total. The van der Waals surface area contributed by atoms with Crippen molar-refractivity contribution in [3.63, 3.8) is 0 Å². The highest BCUT2D eigenvalue weighted by molar-refractivity contribution is 5.68. The fourth-order valence-electron chi connectivity index (χ4n) is 2.12. The molecule has 1 aromatic carbocycles. The van der Waals surface area contributed by atoms with Crippen molar-refractivity contribution >= 4 is 11.8 Å². The zero-order valence-electron chi connectivity index (χ0n) is 14.9. The van der Waals surface area contributed by atoms with Crippen molar-refractivity contribution in [3.8, 4) is 0 Å². The van der Waals surface area contributed by atoms with Crippen LogP contribution in [0.4, 0.5) is 14.9 Å². The smallest absolute Gasteiger partial charge is 0.407 e. The number of nitrogens with zero attached hydrogens (tertiary/aromatic N) is 1. The van der Waals surface area contributed by atoms with Gasteiger partial charge in [-0.1, -0.05) is 13.0 Å². The Labute approximate surface area is 138 Å². The first-order valence-corrected chi connectivity index (χ1v) is 7.63. The lowest BCUT2D eigenvalue weighted by atomic mass is 9.82. The van der Waals surface area contributed by atoms with Gasteiger partial charge in [0.2, 0.25) is 0 Å². The Morgan fingerprint density at radius 2 is 1.91 bits per heavy atom. The summed E-state index contributed by atoms with van der Waals surface area (Å²) in [5, 5.41) is 2.71. The Bertz CT molecular complexity index is 555. The Hall–Kier alpha value is -1.82. The Balaban J connectivity index is 2.89. The van der Waals surface area contributed by atoms with Gasteiger partial charge in [0.05, 0.1) is 5.69 Å². The molecular weight excluding hydrogens is 297 g/mol. The van der Waals surface area contributed by atoms with Crippen LogP contribution in [0.3, 0.4) is 0 Å². The summed E-state index contributed by atoms with van der Waals surface area (Å²) < 4.78 is 19.4. The van der Waals surface area contributed by atoms with Gasteiger partial charge in [-0.3, -0.25) is 0 Å². The van der Waals surface area contributed by atoms with E-state index in [1.165, 1.54) is 6.07 Å². The number of ether oxygens (including phenoxy) is 1. The topological polar surface area (TPSA) is 67.6 Å². The molecule has 0 aromatic heterocycles. The molecule has 1 atom stereocenters. The van der Waals surface area contributed by atoms with Crippen LogP contribution in [0.2, 0.25) is 0 Å². The third-order valence-corrected chi connectivity index (χ3v) is 3.60. The number of hydrogen-bond donors (Lipinski definition) is 2. The molecule has 1 amide bonds. The minimum Gasteiger partial charge on any atom is -0.444 e. The van der Waals surface area contributed by atoms with Crippen molar-refractivity contribution < 1.29 is 13.9 Å². The van der Waals surface area contributed by atoms with Crippen LogP contribution in [0.5, 0.6) is 0 Å². The van der Waals surface area contributed by atoms with Gasteiger partial charge < -0.3 is 20.7 Å². The van der Waals surface area contributed by atoms with Crippen LogP contribution >= 0.6 is 0 Å². The molecule has 3 N–H and O–H groups in total. The van der Waals surface area contributed by atoms with Gasteiger partial charge in [0.1, 0.15) is 11.4 Å². The molecular formula is C17H28FN3O2. The summed E-state index contributed by atoms with van der Waals surface area (Å²) in [4.78, 5) is 13.5. The van der Waals surface area contributed by atoms with E-state index in [0.29, 0.717) is 5.69 Å². The number of nitrogens with one attached hydrogen (secondary N) is 1. The minimum atomic E-state index is -0.581. The predicted molar refractivity (Wildman–Crippen MR) is 91.4 cm³/mol. The molecule has 0 saturated carbocycles. The summed E-state index contributed by atoms with van der Waals surface area (Å²) in [7, 11) is 3.56. The number of alkyl carbamates (subject to hydrolysis) is 1. The molecule has 1 rings (SSSR count). The lowest BCUT2D eigenvalue weighted by molar-refractivity contribution is 0.0516. The molecule has 0 aliphatic carbocycles. The second-order valence-electron chi connectivity index (χ2n) is 7.18. The summed E-state index contributed by atoms with van der Waals surface area (Å²) in [5.74, 6) is -0.315. The zero-order valence-corrected chi connectivity index (χ0v) is 14.9. The molecule has 130 valence electrons. The van der Waals surface area contributed by atoms with Crippen LogP contribution in [0.1, 0.15) is 33.3 Å². The molecule has 1 aromatic rings. The maximum atomic E-state index is 14.2. The molecule has 0 aliphatic heterocycles. The standard InChI is InChI=1S/C17H28FN3O2/c1-16(2,3)23-15(22)20-11-17(4,10-19)12-7-8-14(21(5)6)13(18)9-12/h7-9H,10-11,19H2,1-6H3,(H,20,22). The van der Waals surface area contributed by atoms with Crippen molar-refractivity contribution in [1.29, 1.82) is 0 Å². The highest BCUT2D eigenvalue weighted by Gasteiger charge is 2.28. The highest BCUT2D eigenvalue weighted by Crippen LogP contribution is 2.27. The van der Waals surface area contributed by atoms with Gasteiger partial charge in [0.15, 0.2) is 0 Å². The first-order valence-electron chi connectivity index (χ1n) is 7.63. The van der Waals surface area contributed by atoms with E-state index in [-0.39, 0.29) is 18.9 Å². The van der Waals surface area contributed by atoms with Gasteiger partial charge in [-0.2, -0.15) is 0 Å². The SMILES string of the molecule is CN(C)c1ccc(C(C)(CN)CNC(=O)OC(C)(C)C)cc1F. The number of benzene rings is 1. The van der Waals surface area contributed by atoms with Gasteiger partial charge >= 0.3 is 6.09 Å². The number of amides is 1. The molecule has 23 heavy (non-hydrogen) atoms. The third-order valence-electron chi connectivity index (χ3n) is 3.60. The minimum absolute atomic E-state index is 0.263. The Morgan fingerprint density at radius 1 is 1.30 bits per heavy atom. The van der Waals surface area contributed by atoms with Crippen molar-refractivity contribution in [3.05, 3.63) is 29.6 Å². The Kier molecular flexibility index (Phi) is 5.99. The number of anilines is 1. The summed E-state index contributed by atoms with van der Waals surface area (Å²) in [6.45, 7) is 7.80. The number of halogens is 1. The number of carbonyl (C=O) groups is 1. The van der Waals surface area contributed by atoms with Crippen LogP contribution in [-0.2, 0) is 10.2 Å². The molecule has 0 bridgehead atoms. The maximum Gasteiger partial charge on any atom is 0.407 e. The van der Waals surface area contributed by atoms with Crippen LogP contribution in [0, 0.1) is 5.82 Å². The maximum absolute atomic E-state index is 14.2. The monoisotopic (exact) mass is 325 g/mol. The van der Waals surface area contributed by atoms with E-state index in [1.807, 2.05) is 13.0 Å². The van der Waals surface area contributed by atoms with E-state index in [4.69, 9.17) is 10.5 Å². The van der Waals surface area contributed by atoms with E-state index in [9.17, 15) is 9.18 Å². The van der Waals surface area contributed by atoms with Crippen LogP contribution in [0.25, 0.3) is 0 Å². The average molecular weight is 325 g/mol. The number of carbonyl (C=O) groups excluding carboxylic acids is 1. The number of rotatable bonds is 5. The van der Waals surface area contributed by atoms with Gasteiger partial charge in [-0.25, -0.2) is 9.18 Å². The van der Waals surface area contributed by atoms with Crippen molar-refractivity contribution in [2.75, 3.05) is 32.1 Å². The Morgan fingerprint density at radius 3 is 2.35 bits per heavy atom. The second-order valence-corrected chi connectivity index (χ2v) is 7.18. The lowest BCUT2D eigenvalue weighted by Gasteiger charge is -2.30. The first-order chi connectivity index (χ1) is 10.5. The largest absolute Gasteiger partial charge is 0.444 e. The van der Waals surface area contributed by atoms with Gasteiger partial charge in [0, 0.05) is 32.6 Å². The highest BCUT2D eigenvalue weighted by atomic mass is 19.1. The van der Waals surface area contributed by atoms with E-state index in [2.05, 4.69) is 5.32 Å². The molecule has 0 fully saturated rings. The molecule has 1 unspecified atom stereocenters. The predicted octanol–water partition coefficient (Wildman–Crippen LogP) is 2.63. The third kappa shape index (κ3) is 5.39. The molecule has 0 spiro atoms. The van der Waals surface area contributed by atoms with E-state index >= 15 is 0 Å². The van der Waals surface area contributed by atoms with Crippen LogP contribution < -0.4 is 16.0 Å². The average Bonchev–Trinajstić information content (AvgIpc) is 2.42. The summed E-state index contributed by atoms with van der Waals surface area (Å²) in [6.07, 6.45) is -0.512. The van der Waals surface area contributed by atoms with Gasteiger partial charge in [-0.05, 0) is 38.5 Å². The first kappa shape index (κ1) is 19.2. The summed E-state index contributed by atoms with van der Waals surface area (Å²) >= 11 is 0. The second kappa shape index (κ2) is 7.17. The lowest BCUT2D eigenvalue weighted by Crippen LogP contribution is -2.45. The fraction of sp³-hybridized carbons (Fsp3) is 0.588. The zero-order chi connectivity index (χ0) is 17.8. The molecule has 0 saturated heterocycles. The normalized spacial score (nSPS) is 14.1. The van der Waals surface area contributed by atoms with Crippen LogP contribution in [-0.4, -0.2) is 38.9 Å². The number of hydrogen-bond acceptors (Lipinski definition) is 4. The van der Waals surface area contributed by atoms with Crippen molar-refractivity contribution in [1.82, 2.24) is 5.32 Å². The van der Waals surface area contributed by atoms with E-state index < -0.39 is 17.1 Å². The molecule has 0 radical (unpaired) electrons. The molecule has 6 heteroatoms. The quantitative estimate of drug-likeness (QED) is 0.873. The van der Waals surface area contributed by atoms with Crippen LogP contribution in [0.15, 0.2) is 18.2 Å².